The number of nitrogens with one attached hydrogen (secondary N) is 1. The van der Waals surface area contributed by atoms with Gasteiger partial charge in [-0.15, -0.1) is 0 Å². The third kappa shape index (κ3) is 4.08. The van der Waals surface area contributed by atoms with Gasteiger partial charge in [0.15, 0.2) is 5.82 Å². The van der Waals surface area contributed by atoms with E-state index in [2.05, 4.69) is 16.0 Å². The summed E-state index contributed by atoms with van der Waals surface area (Å²) in [6, 6.07) is 8.05. The second-order valence-electron chi connectivity index (χ2n) is 10.4. The lowest BCUT2D eigenvalue weighted by atomic mass is 9.65. The van der Waals surface area contributed by atoms with Crippen LogP contribution < -0.4 is 5.73 Å². The van der Waals surface area contributed by atoms with Crippen molar-refractivity contribution in [3.63, 3.8) is 0 Å². The Hall–Kier alpha value is -3.55. The number of hydrogen-bond donors (Lipinski definition) is 3. The molecular weight excluding hydrogens is 462 g/mol. The Morgan fingerprint density at radius 1 is 1.03 bits per heavy atom. The number of carbonyl (C=O) groups is 1. The molecule has 36 heavy (non-hydrogen) atoms. The summed E-state index contributed by atoms with van der Waals surface area (Å²) in [4.78, 5) is 22.7. The first-order valence-corrected chi connectivity index (χ1v) is 12.6. The number of nitrogen functional groups attached to an aromatic ring is 1. The Bertz CT molecular complexity index is 1470. The van der Waals surface area contributed by atoms with E-state index in [9.17, 15) is 13.6 Å². The number of carboxylic acid groups (broad SMARTS) is 1. The zero-order valence-corrected chi connectivity index (χ0v) is 19.8. The minimum absolute atomic E-state index is 0.00231. The number of rotatable bonds is 3. The summed E-state index contributed by atoms with van der Waals surface area (Å²) < 4.78 is 27.6. The van der Waals surface area contributed by atoms with Crippen molar-refractivity contribution in [2.45, 2.75) is 50.9 Å². The van der Waals surface area contributed by atoms with E-state index in [0.29, 0.717) is 34.4 Å². The molecule has 2 aromatic carbocycles. The number of nitrogens with two attached hydrogens (primary N) is 1. The van der Waals surface area contributed by atoms with E-state index in [0.717, 1.165) is 47.7 Å². The highest BCUT2D eigenvalue weighted by Crippen LogP contribution is 2.45. The molecule has 0 amide bonds. The van der Waals surface area contributed by atoms with Crippen LogP contribution in [0.2, 0.25) is 0 Å². The van der Waals surface area contributed by atoms with Crippen LogP contribution in [-0.2, 0) is 4.79 Å². The molecule has 2 heterocycles. The summed E-state index contributed by atoms with van der Waals surface area (Å²) in [7, 11) is 0. The lowest BCUT2D eigenvalue weighted by Gasteiger charge is -2.40. The van der Waals surface area contributed by atoms with Gasteiger partial charge in [0.25, 0.3) is 0 Å². The zero-order valence-electron chi connectivity index (χ0n) is 19.8. The number of fused-ring (bicyclic) bond motifs is 5. The fourth-order valence-corrected chi connectivity index (χ4v) is 6.06. The van der Waals surface area contributed by atoms with Crippen LogP contribution in [0.5, 0.6) is 0 Å². The normalized spacial score (nSPS) is 23.0. The molecule has 1 unspecified atom stereocenters. The number of para-hydroxylation sites is 1. The van der Waals surface area contributed by atoms with Crippen molar-refractivity contribution >= 4 is 33.6 Å². The Morgan fingerprint density at radius 3 is 2.44 bits per heavy atom. The molecule has 4 aliphatic rings. The maximum absolute atomic E-state index is 13.9. The fraction of sp³-hybridized carbons (Fsp3) is 0.393. The number of carboxylic acids is 1. The molecule has 4 aliphatic carbocycles. The van der Waals surface area contributed by atoms with Crippen LogP contribution in [-0.4, -0.2) is 26.0 Å². The number of halogens is 2. The highest BCUT2D eigenvalue weighted by Gasteiger charge is 2.39. The number of aromatic nitrogens is 3. The maximum atomic E-state index is 13.9. The van der Waals surface area contributed by atoms with Gasteiger partial charge < -0.3 is 15.8 Å². The van der Waals surface area contributed by atoms with Gasteiger partial charge in [-0.2, -0.15) is 0 Å². The zero-order chi connectivity index (χ0) is 25.0. The third-order valence-corrected chi connectivity index (χ3v) is 8.12. The topological polar surface area (TPSA) is 105 Å². The largest absolute Gasteiger partial charge is 0.481 e. The van der Waals surface area contributed by atoms with Crippen molar-refractivity contribution in [2.75, 3.05) is 5.73 Å². The molecule has 8 rings (SSSR count). The van der Waals surface area contributed by atoms with Crippen molar-refractivity contribution in [3.05, 3.63) is 53.7 Å². The van der Waals surface area contributed by atoms with Gasteiger partial charge in [-0.25, -0.2) is 18.7 Å². The molecule has 0 aliphatic heterocycles. The van der Waals surface area contributed by atoms with E-state index < -0.39 is 17.6 Å². The van der Waals surface area contributed by atoms with Crippen LogP contribution >= 0.6 is 0 Å². The highest BCUT2D eigenvalue weighted by molar-refractivity contribution is 5.97. The summed E-state index contributed by atoms with van der Waals surface area (Å²) >= 11 is 0. The van der Waals surface area contributed by atoms with E-state index in [1.165, 1.54) is 31.7 Å². The average Bonchev–Trinajstić information content (AvgIpc) is 3.63. The molecule has 0 spiro atoms. The lowest BCUT2D eigenvalue weighted by Crippen LogP contribution is -2.35. The Morgan fingerprint density at radius 2 is 1.81 bits per heavy atom. The van der Waals surface area contributed by atoms with E-state index >= 15 is 0 Å². The number of aromatic amines is 1. The molecule has 0 radical (unpaired) electrons. The summed E-state index contributed by atoms with van der Waals surface area (Å²) in [6.07, 6.45) is 9.74. The van der Waals surface area contributed by atoms with Crippen LogP contribution in [0, 0.1) is 29.4 Å². The minimum atomic E-state index is -0.645. The van der Waals surface area contributed by atoms with Crippen LogP contribution in [0.4, 0.5) is 14.6 Å². The number of anilines is 1. The van der Waals surface area contributed by atoms with Crippen molar-refractivity contribution in [3.8, 4) is 11.4 Å². The van der Waals surface area contributed by atoms with Gasteiger partial charge in [-0.05, 0) is 67.6 Å². The van der Waals surface area contributed by atoms with E-state index in [4.69, 9.17) is 15.8 Å². The molecule has 4 saturated carbocycles. The lowest BCUT2D eigenvalue weighted by molar-refractivity contribution is -0.147. The number of H-pyrrole nitrogens is 1. The third-order valence-electron chi connectivity index (χ3n) is 8.12. The van der Waals surface area contributed by atoms with Gasteiger partial charge in [-0.3, -0.25) is 4.79 Å². The highest BCUT2D eigenvalue weighted by atomic mass is 19.1. The van der Waals surface area contributed by atoms with Crippen LogP contribution in [0.15, 0.2) is 36.5 Å². The Balaban J connectivity index is 0.000000183. The quantitative estimate of drug-likeness (QED) is 0.308. The van der Waals surface area contributed by atoms with Crippen molar-refractivity contribution < 1.29 is 18.7 Å². The summed E-state index contributed by atoms with van der Waals surface area (Å²) in [5.74, 6) is 0.652. The summed E-state index contributed by atoms with van der Waals surface area (Å²) in [5.41, 5.74) is 8.89. The van der Waals surface area contributed by atoms with Gasteiger partial charge in [0.2, 0.25) is 0 Å². The molecule has 0 saturated heterocycles. The van der Waals surface area contributed by atoms with Crippen molar-refractivity contribution in [1.82, 2.24) is 15.0 Å². The maximum Gasteiger partial charge on any atom is 0.306 e. The fourth-order valence-electron chi connectivity index (χ4n) is 6.06. The van der Waals surface area contributed by atoms with Gasteiger partial charge in [0.1, 0.15) is 17.5 Å². The predicted molar refractivity (Wildman–Crippen MR) is 134 cm³/mol. The molecule has 4 N–H and O–H groups in total. The predicted octanol–water partition coefficient (Wildman–Crippen LogP) is 6.41. The van der Waals surface area contributed by atoms with E-state index in [1.54, 1.807) is 6.20 Å². The van der Waals surface area contributed by atoms with Crippen molar-refractivity contribution in [2.24, 2.45) is 17.8 Å². The van der Waals surface area contributed by atoms with Crippen LogP contribution in [0.3, 0.4) is 0 Å². The molecule has 6 nitrogen and oxygen atoms in total. The molecule has 8 heteroatoms. The molecule has 2 bridgehead atoms. The number of benzene rings is 2. The smallest absolute Gasteiger partial charge is 0.306 e. The van der Waals surface area contributed by atoms with Crippen LogP contribution in [0.25, 0.3) is 33.2 Å². The molecule has 1 atom stereocenters. The molecule has 4 aromatic rings. The summed E-state index contributed by atoms with van der Waals surface area (Å²) in [6.45, 7) is 0. The molecular formula is C28H28F2N4O2. The monoisotopic (exact) mass is 490 g/mol. The second kappa shape index (κ2) is 8.84. The molecule has 2 aromatic heterocycles. The molecule has 186 valence electrons. The number of nitrogens with zero attached hydrogens (tertiary/aromatic N) is 2. The second-order valence-corrected chi connectivity index (χ2v) is 10.4. The van der Waals surface area contributed by atoms with Gasteiger partial charge in [0.05, 0.1) is 17.0 Å². The Labute approximate surface area is 206 Å². The average molecular weight is 491 g/mol. The van der Waals surface area contributed by atoms with Crippen LogP contribution in [0.1, 0.15) is 56.4 Å². The van der Waals surface area contributed by atoms with Crippen molar-refractivity contribution in [1.29, 1.82) is 0 Å². The van der Waals surface area contributed by atoms with Gasteiger partial charge >= 0.3 is 5.97 Å². The summed E-state index contributed by atoms with van der Waals surface area (Å²) in [5, 5.41) is 10.1. The Kier molecular flexibility index (Phi) is 5.62. The number of hydrogen-bond acceptors (Lipinski definition) is 4. The number of aliphatic carboxylic acids is 1. The first-order valence-electron chi connectivity index (χ1n) is 12.6. The van der Waals surface area contributed by atoms with Gasteiger partial charge in [-0.1, -0.05) is 25.0 Å². The minimum Gasteiger partial charge on any atom is -0.481 e. The first kappa shape index (κ1) is 22.9. The van der Waals surface area contributed by atoms with Gasteiger partial charge in [0, 0.05) is 28.6 Å². The van der Waals surface area contributed by atoms with E-state index in [1.807, 2.05) is 12.1 Å². The SMILES string of the molecule is Nc1nc(-c2c[nH]c3c(F)cc(F)cc23)nc2c(C3CC3)cccc12.O=C(O)C1CC2CCC1CC2. The van der Waals surface area contributed by atoms with E-state index in [-0.39, 0.29) is 11.4 Å². The molecule has 4 fully saturated rings. The standard InChI is InChI=1S/C19H14F2N4.C9H14O2/c20-10-6-13-14(8-23-17(13)15(21)7-10)19-24-16-11(9-4-5-9)2-1-3-12(16)18(22)25-19;10-9(11)8-5-6-1-3-7(8)4-2-6/h1-3,6-9,23H,4-5H2,(H2,22,24,25);6-8H,1-5H2,(H,10,11). The first-order chi connectivity index (χ1) is 17.4.